The maximum absolute atomic E-state index is 11.6. The first-order valence-corrected chi connectivity index (χ1v) is 7.17. The van der Waals surface area contributed by atoms with Crippen LogP contribution in [0, 0.1) is 6.92 Å². The molecule has 0 atom stereocenters. The summed E-state index contributed by atoms with van der Waals surface area (Å²) in [6, 6.07) is 1.85. The molecule has 0 unspecified atom stereocenters. The molecule has 6 heteroatoms. The Morgan fingerprint density at radius 1 is 1.47 bits per heavy atom. The summed E-state index contributed by atoms with van der Waals surface area (Å²) in [6.45, 7) is 2.29. The van der Waals surface area contributed by atoms with Crippen LogP contribution < -0.4 is 0 Å². The van der Waals surface area contributed by atoms with Crippen molar-refractivity contribution in [3.63, 3.8) is 0 Å². The van der Waals surface area contributed by atoms with Crippen LogP contribution in [0.15, 0.2) is 18.5 Å². The van der Waals surface area contributed by atoms with Gasteiger partial charge in [-0.2, -0.15) is 0 Å². The maximum Gasteiger partial charge on any atom is 0.237 e. The fourth-order valence-corrected chi connectivity index (χ4v) is 2.01. The molecule has 1 aromatic heterocycles. The Morgan fingerprint density at radius 2 is 2.12 bits per heavy atom. The number of carbonyl (C=O) groups excluding carboxylic acids is 1. The van der Waals surface area contributed by atoms with Crippen LogP contribution in [0.1, 0.15) is 11.1 Å². The minimum atomic E-state index is -3.28. The first kappa shape index (κ1) is 13.6. The van der Waals surface area contributed by atoms with E-state index in [0.717, 1.165) is 17.4 Å². The molecule has 1 rings (SSSR count). The first-order valence-electron chi connectivity index (χ1n) is 5.11. The van der Waals surface area contributed by atoms with Crippen molar-refractivity contribution in [3.05, 3.63) is 29.6 Å². The van der Waals surface area contributed by atoms with Gasteiger partial charge in [0.2, 0.25) is 5.91 Å². The molecule has 0 saturated heterocycles. The third kappa shape index (κ3) is 4.52. The van der Waals surface area contributed by atoms with Gasteiger partial charge in [-0.1, -0.05) is 0 Å². The molecule has 0 saturated carbocycles. The molecular weight excluding hydrogens is 240 g/mol. The van der Waals surface area contributed by atoms with E-state index >= 15 is 0 Å². The van der Waals surface area contributed by atoms with Gasteiger partial charge in [-0.05, 0) is 24.1 Å². The van der Waals surface area contributed by atoms with Crippen molar-refractivity contribution < 1.29 is 13.2 Å². The average molecular weight is 256 g/mol. The zero-order valence-electron chi connectivity index (χ0n) is 10.2. The fourth-order valence-electron chi connectivity index (χ4n) is 1.34. The normalized spacial score (nSPS) is 11.2. The van der Waals surface area contributed by atoms with E-state index in [2.05, 4.69) is 4.98 Å². The van der Waals surface area contributed by atoms with Crippen molar-refractivity contribution >= 4 is 15.7 Å². The van der Waals surface area contributed by atoms with E-state index in [1.54, 1.807) is 19.4 Å². The summed E-state index contributed by atoms with van der Waals surface area (Å²) >= 11 is 0. The van der Waals surface area contributed by atoms with Gasteiger partial charge < -0.3 is 4.90 Å². The number of rotatable bonds is 4. The SMILES string of the molecule is Cc1ccncc1CN(C)C(=O)CS(C)(=O)=O. The highest BCUT2D eigenvalue weighted by atomic mass is 32.2. The molecule has 1 heterocycles. The van der Waals surface area contributed by atoms with E-state index in [0.29, 0.717) is 6.54 Å². The predicted molar refractivity (Wildman–Crippen MR) is 65.2 cm³/mol. The lowest BCUT2D eigenvalue weighted by atomic mass is 10.1. The molecule has 0 aliphatic heterocycles. The number of nitrogens with zero attached hydrogens (tertiary/aromatic N) is 2. The van der Waals surface area contributed by atoms with Crippen molar-refractivity contribution in [1.82, 2.24) is 9.88 Å². The number of carbonyl (C=O) groups is 1. The van der Waals surface area contributed by atoms with E-state index in [4.69, 9.17) is 0 Å². The minimum absolute atomic E-state index is 0.369. The van der Waals surface area contributed by atoms with Gasteiger partial charge in [0, 0.05) is 32.2 Å². The highest BCUT2D eigenvalue weighted by Gasteiger charge is 2.16. The summed E-state index contributed by atoms with van der Waals surface area (Å²) < 4.78 is 22.0. The third-order valence-corrected chi connectivity index (χ3v) is 3.14. The van der Waals surface area contributed by atoms with Crippen LogP contribution in [0.4, 0.5) is 0 Å². The van der Waals surface area contributed by atoms with Crippen LogP contribution in [-0.2, 0) is 21.2 Å². The Bertz CT molecular complexity index is 511. The Morgan fingerprint density at radius 3 is 2.65 bits per heavy atom. The standard InChI is InChI=1S/C11H16N2O3S/c1-9-4-5-12-6-10(9)7-13(2)11(14)8-17(3,15)16/h4-6H,7-8H2,1-3H3. The summed E-state index contributed by atoms with van der Waals surface area (Å²) in [5.41, 5.74) is 1.94. The van der Waals surface area contributed by atoms with Gasteiger partial charge in [0.05, 0.1) is 0 Å². The molecule has 0 spiro atoms. The molecule has 1 amide bonds. The lowest BCUT2D eigenvalue weighted by molar-refractivity contribution is -0.127. The average Bonchev–Trinajstić information content (AvgIpc) is 2.18. The van der Waals surface area contributed by atoms with Gasteiger partial charge >= 0.3 is 0 Å². The lowest BCUT2D eigenvalue weighted by Gasteiger charge is -2.17. The molecule has 1 aromatic rings. The van der Waals surface area contributed by atoms with Crippen molar-refractivity contribution in [2.75, 3.05) is 19.1 Å². The molecule has 0 fully saturated rings. The number of aryl methyl sites for hydroxylation is 1. The maximum atomic E-state index is 11.6. The Balaban J connectivity index is 2.70. The topological polar surface area (TPSA) is 67.3 Å². The molecule has 0 radical (unpaired) electrons. The largest absolute Gasteiger partial charge is 0.340 e. The zero-order chi connectivity index (χ0) is 13.1. The van der Waals surface area contributed by atoms with Gasteiger partial charge in [0.25, 0.3) is 0 Å². The molecule has 17 heavy (non-hydrogen) atoms. The van der Waals surface area contributed by atoms with E-state index in [1.807, 2.05) is 13.0 Å². The molecule has 5 nitrogen and oxygen atoms in total. The Labute approximate surface area is 101 Å². The second-order valence-electron chi connectivity index (χ2n) is 4.12. The van der Waals surface area contributed by atoms with Crippen LogP contribution in [0.3, 0.4) is 0 Å². The second kappa shape index (κ2) is 5.27. The van der Waals surface area contributed by atoms with E-state index < -0.39 is 21.5 Å². The van der Waals surface area contributed by atoms with Gasteiger partial charge in [0.15, 0.2) is 9.84 Å². The number of sulfone groups is 1. The summed E-state index contributed by atoms with van der Waals surface area (Å²) in [5.74, 6) is -0.862. The zero-order valence-corrected chi connectivity index (χ0v) is 11.0. The molecular formula is C11H16N2O3S. The highest BCUT2D eigenvalue weighted by molar-refractivity contribution is 7.91. The Kier molecular flexibility index (Phi) is 4.22. The molecule has 0 aliphatic carbocycles. The van der Waals surface area contributed by atoms with Crippen LogP contribution in [0.5, 0.6) is 0 Å². The molecule has 0 bridgehead atoms. The minimum Gasteiger partial charge on any atom is -0.340 e. The van der Waals surface area contributed by atoms with Crippen molar-refractivity contribution in [1.29, 1.82) is 0 Å². The third-order valence-electron chi connectivity index (χ3n) is 2.37. The van der Waals surface area contributed by atoms with Crippen LogP contribution in [0.2, 0.25) is 0 Å². The van der Waals surface area contributed by atoms with Crippen LogP contribution in [0.25, 0.3) is 0 Å². The van der Waals surface area contributed by atoms with Gasteiger partial charge in [0.1, 0.15) is 5.75 Å². The summed E-state index contributed by atoms with van der Waals surface area (Å²) in [7, 11) is -1.69. The second-order valence-corrected chi connectivity index (χ2v) is 6.26. The van der Waals surface area contributed by atoms with Crippen LogP contribution in [-0.4, -0.2) is 43.3 Å². The van der Waals surface area contributed by atoms with Gasteiger partial charge in [-0.25, -0.2) is 8.42 Å². The summed E-state index contributed by atoms with van der Waals surface area (Å²) in [5, 5.41) is 0. The highest BCUT2D eigenvalue weighted by Crippen LogP contribution is 2.08. The summed E-state index contributed by atoms with van der Waals surface area (Å²) in [4.78, 5) is 17.0. The van der Waals surface area contributed by atoms with E-state index in [1.165, 1.54) is 4.90 Å². The molecule has 0 N–H and O–H groups in total. The molecule has 94 valence electrons. The number of aromatic nitrogens is 1. The Hall–Kier alpha value is -1.43. The van der Waals surface area contributed by atoms with E-state index in [9.17, 15) is 13.2 Å². The number of hydrogen-bond donors (Lipinski definition) is 0. The van der Waals surface area contributed by atoms with Gasteiger partial charge in [-0.3, -0.25) is 9.78 Å². The van der Waals surface area contributed by atoms with Crippen molar-refractivity contribution in [3.8, 4) is 0 Å². The number of amides is 1. The molecule has 0 aliphatic rings. The number of pyridine rings is 1. The van der Waals surface area contributed by atoms with Crippen molar-refractivity contribution in [2.24, 2.45) is 0 Å². The van der Waals surface area contributed by atoms with Crippen molar-refractivity contribution in [2.45, 2.75) is 13.5 Å². The predicted octanol–water partition coefficient (Wildman–Crippen LogP) is 0.393. The van der Waals surface area contributed by atoms with Crippen LogP contribution >= 0.6 is 0 Å². The summed E-state index contributed by atoms with van der Waals surface area (Å²) in [6.07, 6.45) is 4.41. The quantitative estimate of drug-likeness (QED) is 0.781. The molecule has 0 aromatic carbocycles. The fraction of sp³-hybridized carbons (Fsp3) is 0.455. The first-order chi connectivity index (χ1) is 7.79. The number of hydrogen-bond acceptors (Lipinski definition) is 4. The van der Waals surface area contributed by atoms with E-state index in [-0.39, 0.29) is 0 Å². The van der Waals surface area contributed by atoms with Gasteiger partial charge in [-0.15, -0.1) is 0 Å². The lowest BCUT2D eigenvalue weighted by Crippen LogP contribution is -2.32. The monoisotopic (exact) mass is 256 g/mol. The smallest absolute Gasteiger partial charge is 0.237 e.